The molecule has 0 unspecified atom stereocenters. The fourth-order valence-electron chi connectivity index (χ4n) is 2.56. The monoisotopic (exact) mass is 315 g/mol. The van der Waals surface area contributed by atoms with Crippen molar-refractivity contribution < 1.29 is 9.90 Å². The van der Waals surface area contributed by atoms with Gasteiger partial charge in [0.15, 0.2) is 0 Å². The summed E-state index contributed by atoms with van der Waals surface area (Å²) in [6, 6.07) is 19.5. The largest absolute Gasteiger partial charge is 0.480 e. The van der Waals surface area contributed by atoms with Gasteiger partial charge in [0.05, 0.1) is 4.75 Å². The van der Waals surface area contributed by atoms with E-state index < -0.39 is 12.0 Å². The number of thioether (sulfide) groups is 1. The minimum atomic E-state index is -0.960. The third-order valence-corrected chi connectivity index (χ3v) is 5.58. The molecule has 0 aliphatic heterocycles. The molecule has 2 aromatic rings. The van der Waals surface area contributed by atoms with E-state index >= 15 is 0 Å². The van der Waals surface area contributed by atoms with Crippen LogP contribution in [0, 0.1) is 0 Å². The number of carboxylic acids is 1. The van der Waals surface area contributed by atoms with E-state index in [1.165, 1.54) is 11.1 Å². The van der Waals surface area contributed by atoms with Gasteiger partial charge in [0.25, 0.3) is 0 Å². The molecule has 0 aliphatic carbocycles. The van der Waals surface area contributed by atoms with E-state index in [1.807, 2.05) is 36.4 Å². The Morgan fingerprint density at radius 2 is 1.55 bits per heavy atom. The number of rotatable bonds is 7. The Morgan fingerprint density at radius 3 is 1.91 bits per heavy atom. The second kappa shape index (κ2) is 7.47. The Bertz CT molecular complexity index is 561. The molecule has 2 aromatic carbocycles. The first-order valence-electron chi connectivity index (χ1n) is 7.33. The molecular formula is C18H21NO2S. The average molecular weight is 315 g/mol. The lowest BCUT2D eigenvalue weighted by Crippen LogP contribution is -2.35. The molecular weight excluding hydrogens is 294 g/mol. The Balaban J connectivity index is 2.41. The molecule has 0 amide bonds. The highest BCUT2D eigenvalue weighted by Crippen LogP contribution is 2.45. The third kappa shape index (κ3) is 3.51. The third-order valence-electron chi connectivity index (χ3n) is 3.80. The van der Waals surface area contributed by atoms with Crippen molar-refractivity contribution >= 4 is 17.7 Å². The number of nitrogens with two attached hydrogens (primary N) is 1. The summed E-state index contributed by atoms with van der Waals surface area (Å²) in [7, 11) is 0. The van der Waals surface area contributed by atoms with Gasteiger partial charge in [0.2, 0.25) is 0 Å². The summed E-state index contributed by atoms with van der Waals surface area (Å²) in [6.45, 7) is 2.12. The Labute approximate surface area is 135 Å². The summed E-state index contributed by atoms with van der Waals surface area (Å²) >= 11 is 1.61. The Kier molecular flexibility index (Phi) is 5.63. The molecule has 0 heterocycles. The highest BCUT2D eigenvalue weighted by molar-refractivity contribution is 8.00. The lowest BCUT2D eigenvalue weighted by molar-refractivity contribution is -0.137. The van der Waals surface area contributed by atoms with Gasteiger partial charge in [0.1, 0.15) is 6.04 Å². The first kappa shape index (κ1) is 16.6. The molecule has 22 heavy (non-hydrogen) atoms. The lowest BCUT2D eigenvalue weighted by atomic mass is 9.88. The van der Waals surface area contributed by atoms with Gasteiger partial charge in [-0.15, -0.1) is 11.8 Å². The van der Waals surface area contributed by atoms with E-state index in [1.54, 1.807) is 11.8 Å². The van der Waals surface area contributed by atoms with Crippen LogP contribution < -0.4 is 5.73 Å². The molecule has 0 aromatic heterocycles. The van der Waals surface area contributed by atoms with Crippen molar-refractivity contribution in [1.82, 2.24) is 0 Å². The second-order valence-corrected chi connectivity index (χ2v) is 6.49. The van der Waals surface area contributed by atoms with Crippen LogP contribution in [0.2, 0.25) is 0 Å². The minimum Gasteiger partial charge on any atom is -0.480 e. The van der Waals surface area contributed by atoms with Gasteiger partial charge >= 0.3 is 5.97 Å². The van der Waals surface area contributed by atoms with E-state index in [4.69, 9.17) is 10.8 Å². The minimum absolute atomic E-state index is 0.282. The van der Waals surface area contributed by atoms with E-state index in [0.717, 1.165) is 6.42 Å². The molecule has 0 aliphatic rings. The van der Waals surface area contributed by atoms with Crippen LogP contribution >= 0.6 is 11.8 Å². The maximum Gasteiger partial charge on any atom is 0.321 e. The van der Waals surface area contributed by atoms with E-state index in [9.17, 15) is 4.79 Å². The number of hydrogen-bond donors (Lipinski definition) is 2. The van der Waals surface area contributed by atoms with Crippen molar-refractivity contribution in [3.63, 3.8) is 0 Å². The van der Waals surface area contributed by atoms with Crippen molar-refractivity contribution in [1.29, 1.82) is 0 Å². The summed E-state index contributed by atoms with van der Waals surface area (Å²) in [5, 5.41) is 9.05. The number of carboxylic acid groups (broad SMARTS) is 1. The molecule has 3 N–H and O–H groups in total. The van der Waals surface area contributed by atoms with Crippen LogP contribution in [-0.2, 0) is 9.54 Å². The van der Waals surface area contributed by atoms with Crippen molar-refractivity contribution in [2.24, 2.45) is 5.73 Å². The Hall–Kier alpha value is -1.78. The SMILES string of the molecule is CCC(SC[C@H](N)C(=O)O)(c1ccccc1)c1ccccc1. The normalized spacial score (nSPS) is 12.8. The number of hydrogen-bond acceptors (Lipinski definition) is 3. The maximum absolute atomic E-state index is 11.0. The average Bonchev–Trinajstić information content (AvgIpc) is 2.57. The van der Waals surface area contributed by atoms with Crippen molar-refractivity contribution in [3.05, 3.63) is 71.8 Å². The zero-order valence-electron chi connectivity index (χ0n) is 12.6. The molecule has 3 nitrogen and oxygen atoms in total. The predicted molar refractivity (Wildman–Crippen MR) is 92.0 cm³/mol. The summed E-state index contributed by atoms with van der Waals surface area (Å²) < 4.78 is -0.282. The van der Waals surface area contributed by atoms with Crippen LogP contribution in [0.3, 0.4) is 0 Å². The van der Waals surface area contributed by atoms with E-state index in [2.05, 4.69) is 31.2 Å². The van der Waals surface area contributed by atoms with Gasteiger partial charge in [-0.1, -0.05) is 67.6 Å². The summed E-state index contributed by atoms with van der Waals surface area (Å²) in [6.07, 6.45) is 0.859. The molecule has 0 fully saturated rings. The van der Waals surface area contributed by atoms with Crippen LogP contribution in [0.5, 0.6) is 0 Å². The first-order valence-corrected chi connectivity index (χ1v) is 8.32. The van der Waals surface area contributed by atoms with Crippen LogP contribution in [0.1, 0.15) is 24.5 Å². The van der Waals surface area contributed by atoms with Crippen LogP contribution in [0.25, 0.3) is 0 Å². The summed E-state index contributed by atoms with van der Waals surface area (Å²) in [5.41, 5.74) is 8.06. The summed E-state index contributed by atoms with van der Waals surface area (Å²) in [4.78, 5) is 11.0. The van der Waals surface area contributed by atoms with E-state index in [-0.39, 0.29) is 4.75 Å². The maximum atomic E-state index is 11.0. The van der Waals surface area contributed by atoms with Gasteiger partial charge in [0, 0.05) is 5.75 Å². The Morgan fingerprint density at radius 1 is 1.09 bits per heavy atom. The molecule has 2 rings (SSSR count). The van der Waals surface area contributed by atoms with Gasteiger partial charge < -0.3 is 10.8 Å². The molecule has 116 valence electrons. The highest BCUT2D eigenvalue weighted by atomic mass is 32.2. The van der Waals surface area contributed by atoms with Crippen molar-refractivity contribution in [2.45, 2.75) is 24.1 Å². The standard InChI is InChI=1S/C18H21NO2S/c1-2-18(14-9-5-3-6-10-14,15-11-7-4-8-12-15)22-13-16(19)17(20)21/h3-12,16H,2,13,19H2,1H3,(H,20,21)/t16-/m0/s1. The van der Waals surface area contributed by atoms with Crippen molar-refractivity contribution in [3.8, 4) is 0 Å². The molecule has 1 atom stereocenters. The zero-order valence-corrected chi connectivity index (χ0v) is 13.4. The molecule has 0 bridgehead atoms. The van der Waals surface area contributed by atoms with Gasteiger partial charge in [-0.25, -0.2) is 0 Å². The fourth-order valence-corrected chi connectivity index (χ4v) is 3.98. The van der Waals surface area contributed by atoms with Crippen molar-refractivity contribution in [2.75, 3.05) is 5.75 Å². The van der Waals surface area contributed by atoms with Crippen LogP contribution in [-0.4, -0.2) is 22.9 Å². The van der Waals surface area contributed by atoms with E-state index in [0.29, 0.717) is 5.75 Å². The summed E-state index contributed by atoms with van der Waals surface area (Å²) in [5.74, 6) is -0.592. The number of benzene rings is 2. The molecule has 0 radical (unpaired) electrons. The number of carbonyl (C=O) groups is 1. The van der Waals surface area contributed by atoms with Crippen LogP contribution in [0.15, 0.2) is 60.7 Å². The lowest BCUT2D eigenvalue weighted by Gasteiger charge is -2.34. The van der Waals surface area contributed by atoms with Gasteiger partial charge in [-0.3, -0.25) is 4.79 Å². The topological polar surface area (TPSA) is 63.3 Å². The predicted octanol–water partition coefficient (Wildman–Crippen LogP) is 3.49. The molecule has 0 spiro atoms. The molecule has 4 heteroatoms. The molecule has 0 saturated heterocycles. The highest BCUT2D eigenvalue weighted by Gasteiger charge is 2.34. The van der Waals surface area contributed by atoms with Gasteiger partial charge in [-0.2, -0.15) is 0 Å². The second-order valence-electron chi connectivity index (χ2n) is 5.17. The van der Waals surface area contributed by atoms with Gasteiger partial charge in [-0.05, 0) is 17.5 Å². The zero-order chi connectivity index (χ0) is 16.0. The quantitative estimate of drug-likeness (QED) is 0.821. The first-order chi connectivity index (χ1) is 10.6. The fraction of sp³-hybridized carbons (Fsp3) is 0.278. The number of aliphatic carboxylic acids is 1. The van der Waals surface area contributed by atoms with Crippen LogP contribution in [0.4, 0.5) is 0 Å². The molecule has 0 saturated carbocycles. The smallest absolute Gasteiger partial charge is 0.321 e.